The molecule has 1 heterocycles. The standard InChI is InChI=1S/C11H17NO.C3H8/c1-9-5-7-12(8-6-9)11(13)10-3-2-4-10;1-3-2/h5,10H,2-4,6-8H2,1H3;3H2,1-2H3. The van der Waals surface area contributed by atoms with E-state index in [1.54, 1.807) is 0 Å². The van der Waals surface area contributed by atoms with Crippen LogP contribution >= 0.6 is 0 Å². The fourth-order valence-corrected chi connectivity index (χ4v) is 1.88. The molecule has 1 aliphatic carbocycles. The van der Waals surface area contributed by atoms with Gasteiger partial charge in [-0.15, -0.1) is 0 Å². The molecule has 0 radical (unpaired) electrons. The Balaban J connectivity index is 0.000000386. The van der Waals surface area contributed by atoms with Gasteiger partial charge in [-0.25, -0.2) is 0 Å². The molecule has 2 nitrogen and oxygen atoms in total. The number of amides is 1. The minimum atomic E-state index is 0.367. The van der Waals surface area contributed by atoms with Crippen molar-refractivity contribution in [3.05, 3.63) is 11.6 Å². The fraction of sp³-hybridized carbons (Fsp3) is 0.786. The fourth-order valence-electron chi connectivity index (χ4n) is 1.88. The van der Waals surface area contributed by atoms with Crippen LogP contribution in [0.25, 0.3) is 0 Å². The Hall–Kier alpha value is -0.790. The summed E-state index contributed by atoms with van der Waals surface area (Å²) in [4.78, 5) is 13.8. The molecule has 0 bridgehead atoms. The SMILES string of the molecule is CC1=CCN(C(=O)C2CCC2)CC1.CCC. The van der Waals surface area contributed by atoms with Crippen molar-refractivity contribution in [1.29, 1.82) is 0 Å². The zero-order chi connectivity index (χ0) is 12.0. The lowest BCUT2D eigenvalue weighted by Gasteiger charge is -2.33. The highest BCUT2D eigenvalue weighted by Gasteiger charge is 2.29. The van der Waals surface area contributed by atoms with E-state index in [4.69, 9.17) is 0 Å². The van der Waals surface area contributed by atoms with Gasteiger partial charge in [-0.1, -0.05) is 38.3 Å². The van der Waals surface area contributed by atoms with Gasteiger partial charge in [0, 0.05) is 19.0 Å². The largest absolute Gasteiger partial charge is 0.338 e. The predicted molar refractivity (Wildman–Crippen MR) is 68.3 cm³/mol. The molecule has 2 aliphatic rings. The van der Waals surface area contributed by atoms with Gasteiger partial charge in [0.2, 0.25) is 5.91 Å². The number of rotatable bonds is 1. The first-order chi connectivity index (χ1) is 7.69. The van der Waals surface area contributed by atoms with Crippen molar-refractivity contribution in [3.8, 4) is 0 Å². The normalized spacial score (nSPS) is 20.4. The van der Waals surface area contributed by atoms with Crippen molar-refractivity contribution in [3.63, 3.8) is 0 Å². The van der Waals surface area contributed by atoms with E-state index in [0.29, 0.717) is 11.8 Å². The maximum atomic E-state index is 11.8. The first-order valence-corrected chi connectivity index (χ1v) is 6.63. The molecule has 0 aromatic heterocycles. The number of carbonyl (C=O) groups is 1. The van der Waals surface area contributed by atoms with Crippen LogP contribution < -0.4 is 0 Å². The molecule has 1 aliphatic heterocycles. The molecule has 1 fully saturated rings. The van der Waals surface area contributed by atoms with Crippen molar-refractivity contribution in [2.75, 3.05) is 13.1 Å². The summed E-state index contributed by atoms with van der Waals surface area (Å²) in [5.41, 5.74) is 1.43. The summed E-state index contributed by atoms with van der Waals surface area (Å²) >= 11 is 0. The van der Waals surface area contributed by atoms with Crippen molar-refractivity contribution < 1.29 is 4.79 Å². The number of hydrogen-bond donors (Lipinski definition) is 0. The molecule has 0 saturated heterocycles. The Labute approximate surface area is 99.7 Å². The molecule has 2 rings (SSSR count). The van der Waals surface area contributed by atoms with E-state index < -0.39 is 0 Å². The molecule has 0 unspecified atom stereocenters. The molecule has 92 valence electrons. The van der Waals surface area contributed by atoms with Crippen molar-refractivity contribution in [1.82, 2.24) is 4.90 Å². The van der Waals surface area contributed by atoms with Gasteiger partial charge in [-0.05, 0) is 26.2 Å². The van der Waals surface area contributed by atoms with Gasteiger partial charge in [0.05, 0.1) is 0 Å². The second-order valence-corrected chi connectivity index (χ2v) is 4.92. The highest BCUT2D eigenvalue weighted by molar-refractivity contribution is 5.79. The van der Waals surface area contributed by atoms with Crippen LogP contribution in [0.3, 0.4) is 0 Å². The second-order valence-electron chi connectivity index (χ2n) is 4.92. The third kappa shape index (κ3) is 3.66. The van der Waals surface area contributed by atoms with E-state index in [0.717, 1.165) is 32.4 Å². The maximum Gasteiger partial charge on any atom is 0.225 e. The van der Waals surface area contributed by atoms with Crippen molar-refractivity contribution in [2.24, 2.45) is 5.92 Å². The average molecular weight is 223 g/mol. The van der Waals surface area contributed by atoms with Gasteiger partial charge in [-0.3, -0.25) is 4.79 Å². The molecule has 1 amide bonds. The molecule has 1 saturated carbocycles. The van der Waals surface area contributed by atoms with Crippen LogP contribution in [0, 0.1) is 5.92 Å². The lowest BCUT2D eigenvalue weighted by atomic mass is 9.84. The Morgan fingerprint density at radius 3 is 2.44 bits per heavy atom. The summed E-state index contributed by atoms with van der Waals surface area (Å²) < 4.78 is 0. The van der Waals surface area contributed by atoms with E-state index in [9.17, 15) is 4.79 Å². The van der Waals surface area contributed by atoms with E-state index in [2.05, 4.69) is 26.8 Å². The summed E-state index contributed by atoms with van der Waals surface area (Å²) in [7, 11) is 0. The van der Waals surface area contributed by atoms with E-state index >= 15 is 0 Å². The van der Waals surface area contributed by atoms with Gasteiger partial charge in [0.25, 0.3) is 0 Å². The molecule has 0 aromatic rings. The van der Waals surface area contributed by atoms with Gasteiger partial charge < -0.3 is 4.90 Å². The Kier molecular flexibility index (Phi) is 5.58. The zero-order valence-electron chi connectivity index (χ0n) is 11.0. The summed E-state index contributed by atoms with van der Waals surface area (Å²) in [6, 6.07) is 0. The Morgan fingerprint density at radius 2 is 2.06 bits per heavy atom. The Bertz CT molecular complexity index is 253. The molecule has 0 aromatic carbocycles. The third-order valence-electron chi connectivity index (χ3n) is 3.20. The minimum Gasteiger partial charge on any atom is -0.338 e. The topological polar surface area (TPSA) is 20.3 Å². The second kappa shape index (κ2) is 6.72. The van der Waals surface area contributed by atoms with E-state index in [1.165, 1.54) is 18.4 Å². The highest BCUT2D eigenvalue weighted by Crippen LogP contribution is 2.29. The van der Waals surface area contributed by atoms with Crippen LogP contribution in [-0.4, -0.2) is 23.9 Å². The average Bonchev–Trinajstić information content (AvgIpc) is 2.17. The lowest BCUT2D eigenvalue weighted by molar-refractivity contribution is -0.137. The summed E-state index contributed by atoms with van der Waals surface area (Å²) in [5, 5.41) is 0. The first kappa shape index (κ1) is 13.3. The quantitative estimate of drug-likeness (QED) is 0.624. The Morgan fingerprint density at radius 1 is 1.44 bits per heavy atom. The zero-order valence-corrected chi connectivity index (χ0v) is 11.0. The van der Waals surface area contributed by atoms with Crippen LogP contribution in [0.4, 0.5) is 0 Å². The minimum absolute atomic E-state index is 0.367. The van der Waals surface area contributed by atoms with Gasteiger partial charge >= 0.3 is 0 Å². The van der Waals surface area contributed by atoms with Crippen molar-refractivity contribution >= 4 is 5.91 Å². The third-order valence-corrected chi connectivity index (χ3v) is 3.20. The van der Waals surface area contributed by atoms with Crippen LogP contribution in [0.2, 0.25) is 0 Å². The smallest absolute Gasteiger partial charge is 0.225 e. The van der Waals surface area contributed by atoms with Crippen LogP contribution in [0.15, 0.2) is 11.6 Å². The predicted octanol–water partition coefficient (Wildman–Crippen LogP) is 3.38. The van der Waals surface area contributed by atoms with Crippen LogP contribution in [0.1, 0.15) is 52.9 Å². The molecule has 2 heteroatoms. The number of nitrogens with zero attached hydrogens (tertiary/aromatic N) is 1. The summed E-state index contributed by atoms with van der Waals surface area (Å²) in [5.74, 6) is 0.766. The first-order valence-electron chi connectivity index (χ1n) is 6.63. The molecule has 0 N–H and O–H groups in total. The summed E-state index contributed by atoms with van der Waals surface area (Å²) in [6.07, 6.45) is 7.99. The number of hydrogen-bond acceptors (Lipinski definition) is 1. The van der Waals surface area contributed by atoms with Crippen molar-refractivity contribution in [2.45, 2.75) is 52.9 Å². The molecular weight excluding hydrogens is 198 g/mol. The molecule has 16 heavy (non-hydrogen) atoms. The number of carbonyl (C=O) groups excluding carboxylic acids is 1. The highest BCUT2D eigenvalue weighted by atomic mass is 16.2. The van der Waals surface area contributed by atoms with E-state index in [1.807, 2.05) is 4.90 Å². The van der Waals surface area contributed by atoms with Crippen LogP contribution in [-0.2, 0) is 4.79 Å². The molecule has 0 atom stereocenters. The monoisotopic (exact) mass is 223 g/mol. The molecule has 0 spiro atoms. The summed E-state index contributed by atoms with van der Waals surface area (Å²) in [6.45, 7) is 8.18. The van der Waals surface area contributed by atoms with Crippen LogP contribution in [0.5, 0.6) is 0 Å². The van der Waals surface area contributed by atoms with Gasteiger partial charge in [-0.2, -0.15) is 0 Å². The van der Waals surface area contributed by atoms with Gasteiger partial charge in [0.15, 0.2) is 0 Å². The maximum absolute atomic E-state index is 11.8. The molecular formula is C14H25NO. The van der Waals surface area contributed by atoms with E-state index in [-0.39, 0.29) is 0 Å². The lowest BCUT2D eigenvalue weighted by Crippen LogP contribution is -2.41. The van der Waals surface area contributed by atoms with Gasteiger partial charge in [0.1, 0.15) is 0 Å².